The molecular formula is C14H17N5O4. The first-order valence-electron chi connectivity index (χ1n) is 7.07. The fourth-order valence-corrected chi connectivity index (χ4v) is 2.29. The van der Waals surface area contributed by atoms with E-state index < -0.39 is 16.9 Å². The van der Waals surface area contributed by atoms with Crippen LogP contribution in [-0.4, -0.2) is 36.2 Å². The zero-order valence-corrected chi connectivity index (χ0v) is 13.0. The highest BCUT2D eigenvalue weighted by Crippen LogP contribution is 2.28. The van der Waals surface area contributed by atoms with E-state index in [0.29, 0.717) is 17.5 Å². The second kappa shape index (κ2) is 6.51. The van der Waals surface area contributed by atoms with Gasteiger partial charge in [-0.05, 0) is 29.7 Å². The van der Waals surface area contributed by atoms with Crippen LogP contribution in [0.5, 0.6) is 0 Å². The standard InChI is InChI=1S/C14H17N5O4/c1-8(2)6-12(14(20)21)18-13(15-16-17-18)10-5-4-9(3)11(7-10)19(22)23/h4-5,7-8,12H,6H2,1-3H3,(H,20,21). The molecule has 2 rings (SSSR count). The largest absolute Gasteiger partial charge is 0.480 e. The van der Waals surface area contributed by atoms with Crippen LogP contribution in [0.1, 0.15) is 31.9 Å². The number of nitro groups is 1. The van der Waals surface area contributed by atoms with Gasteiger partial charge in [-0.15, -0.1) is 5.10 Å². The molecule has 1 aromatic carbocycles. The maximum atomic E-state index is 11.5. The third-order valence-corrected chi connectivity index (χ3v) is 3.43. The molecule has 0 bridgehead atoms. The average Bonchev–Trinajstić information content (AvgIpc) is 2.93. The lowest BCUT2D eigenvalue weighted by Crippen LogP contribution is -2.23. The Hall–Kier alpha value is -2.84. The normalized spacial score (nSPS) is 12.3. The zero-order valence-electron chi connectivity index (χ0n) is 13.0. The van der Waals surface area contributed by atoms with Crippen LogP contribution < -0.4 is 0 Å². The van der Waals surface area contributed by atoms with Gasteiger partial charge in [-0.2, -0.15) is 0 Å². The fourth-order valence-electron chi connectivity index (χ4n) is 2.29. The topological polar surface area (TPSA) is 124 Å². The van der Waals surface area contributed by atoms with Crippen molar-refractivity contribution < 1.29 is 14.8 Å². The molecule has 1 aromatic heterocycles. The van der Waals surface area contributed by atoms with Crippen LogP contribution >= 0.6 is 0 Å². The fraction of sp³-hybridized carbons (Fsp3) is 0.429. The molecule has 0 aliphatic heterocycles. The average molecular weight is 319 g/mol. The minimum atomic E-state index is -1.05. The van der Waals surface area contributed by atoms with E-state index in [1.807, 2.05) is 13.8 Å². The van der Waals surface area contributed by atoms with E-state index in [0.717, 1.165) is 0 Å². The van der Waals surface area contributed by atoms with Crippen LogP contribution in [0.4, 0.5) is 5.69 Å². The highest BCUT2D eigenvalue weighted by Gasteiger charge is 2.26. The molecule has 1 heterocycles. The van der Waals surface area contributed by atoms with E-state index >= 15 is 0 Å². The quantitative estimate of drug-likeness (QED) is 0.639. The number of hydrogen-bond donors (Lipinski definition) is 1. The van der Waals surface area contributed by atoms with E-state index in [-0.39, 0.29) is 17.4 Å². The lowest BCUT2D eigenvalue weighted by Gasteiger charge is -2.16. The van der Waals surface area contributed by atoms with Crippen LogP contribution in [0, 0.1) is 23.0 Å². The molecule has 1 unspecified atom stereocenters. The second-order valence-electron chi connectivity index (χ2n) is 5.69. The Kier molecular flexibility index (Phi) is 4.68. The summed E-state index contributed by atoms with van der Waals surface area (Å²) in [6, 6.07) is 3.65. The number of aromatic nitrogens is 4. The van der Waals surface area contributed by atoms with Gasteiger partial charge in [-0.3, -0.25) is 10.1 Å². The molecule has 9 nitrogen and oxygen atoms in total. The number of aryl methyl sites for hydroxylation is 1. The summed E-state index contributed by atoms with van der Waals surface area (Å²) in [5, 5.41) is 31.6. The number of nitro benzene ring substituents is 1. The molecule has 0 fully saturated rings. The Balaban J connectivity index is 2.50. The van der Waals surface area contributed by atoms with Crippen molar-refractivity contribution in [3.63, 3.8) is 0 Å². The Bertz CT molecular complexity index is 741. The van der Waals surface area contributed by atoms with Gasteiger partial charge in [0.05, 0.1) is 4.92 Å². The van der Waals surface area contributed by atoms with Gasteiger partial charge >= 0.3 is 5.97 Å². The summed E-state index contributed by atoms with van der Waals surface area (Å²) in [5.74, 6) is -0.726. The molecule has 1 N–H and O–H groups in total. The highest BCUT2D eigenvalue weighted by molar-refractivity contribution is 5.73. The van der Waals surface area contributed by atoms with Crippen molar-refractivity contribution >= 4 is 11.7 Å². The molecule has 9 heteroatoms. The summed E-state index contributed by atoms with van der Waals surface area (Å²) >= 11 is 0. The number of carboxylic acids is 1. The first-order valence-corrected chi connectivity index (χ1v) is 7.07. The van der Waals surface area contributed by atoms with Gasteiger partial charge in [-0.25, -0.2) is 9.48 Å². The molecule has 0 saturated heterocycles. The number of carboxylic acid groups (broad SMARTS) is 1. The molecule has 2 aromatic rings. The number of aliphatic carboxylic acids is 1. The van der Waals surface area contributed by atoms with Crippen molar-refractivity contribution in [3.05, 3.63) is 33.9 Å². The number of hydrogen-bond acceptors (Lipinski definition) is 6. The molecule has 0 aliphatic carbocycles. The van der Waals surface area contributed by atoms with Gasteiger partial charge < -0.3 is 5.11 Å². The van der Waals surface area contributed by atoms with Crippen molar-refractivity contribution in [1.29, 1.82) is 0 Å². The van der Waals surface area contributed by atoms with Gasteiger partial charge in [0.25, 0.3) is 5.69 Å². The number of tetrazole rings is 1. The molecule has 1 atom stereocenters. The summed E-state index contributed by atoms with van der Waals surface area (Å²) in [4.78, 5) is 22.1. The Morgan fingerprint density at radius 1 is 1.43 bits per heavy atom. The van der Waals surface area contributed by atoms with Crippen molar-refractivity contribution in [2.24, 2.45) is 5.92 Å². The number of nitrogens with zero attached hydrogens (tertiary/aromatic N) is 5. The summed E-state index contributed by atoms with van der Waals surface area (Å²) in [5.41, 5.74) is 0.852. The van der Waals surface area contributed by atoms with Crippen LogP contribution in [0.2, 0.25) is 0 Å². The zero-order chi connectivity index (χ0) is 17.1. The Morgan fingerprint density at radius 3 is 2.70 bits per heavy atom. The number of carbonyl (C=O) groups is 1. The van der Waals surface area contributed by atoms with E-state index in [1.54, 1.807) is 19.1 Å². The first kappa shape index (κ1) is 16.5. The minimum absolute atomic E-state index is 0.0622. The van der Waals surface area contributed by atoms with Crippen molar-refractivity contribution in [2.45, 2.75) is 33.2 Å². The maximum absolute atomic E-state index is 11.5. The number of rotatable bonds is 6. The third-order valence-electron chi connectivity index (χ3n) is 3.43. The van der Waals surface area contributed by atoms with Crippen molar-refractivity contribution in [2.75, 3.05) is 0 Å². The lowest BCUT2D eigenvalue weighted by atomic mass is 10.0. The molecule has 0 spiro atoms. The van der Waals surface area contributed by atoms with E-state index in [9.17, 15) is 20.0 Å². The van der Waals surface area contributed by atoms with E-state index in [2.05, 4.69) is 15.5 Å². The third kappa shape index (κ3) is 3.50. The second-order valence-corrected chi connectivity index (χ2v) is 5.69. The van der Waals surface area contributed by atoms with E-state index in [1.165, 1.54) is 10.7 Å². The Morgan fingerprint density at radius 2 is 2.13 bits per heavy atom. The van der Waals surface area contributed by atoms with Crippen LogP contribution in [0.15, 0.2) is 18.2 Å². The summed E-state index contributed by atoms with van der Waals surface area (Å²) in [6.45, 7) is 5.43. The van der Waals surface area contributed by atoms with Crippen LogP contribution in [-0.2, 0) is 4.79 Å². The van der Waals surface area contributed by atoms with Crippen molar-refractivity contribution in [3.8, 4) is 11.4 Å². The molecule has 0 radical (unpaired) electrons. The summed E-state index contributed by atoms with van der Waals surface area (Å²) in [7, 11) is 0. The van der Waals surface area contributed by atoms with Gasteiger partial charge in [0, 0.05) is 17.2 Å². The van der Waals surface area contributed by atoms with Gasteiger partial charge in [0.1, 0.15) is 0 Å². The Labute approximate surface area is 132 Å². The molecular weight excluding hydrogens is 302 g/mol. The first-order chi connectivity index (χ1) is 10.8. The molecule has 0 aliphatic rings. The smallest absolute Gasteiger partial charge is 0.328 e. The lowest BCUT2D eigenvalue weighted by molar-refractivity contribution is -0.385. The number of benzene rings is 1. The molecule has 23 heavy (non-hydrogen) atoms. The molecule has 122 valence electrons. The minimum Gasteiger partial charge on any atom is -0.480 e. The summed E-state index contributed by atoms with van der Waals surface area (Å²) < 4.78 is 1.21. The van der Waals surface area contributed by atoms with Crippen LogP contribution in [0.3, 0.4) is 0 Å². The predicted octanol–water partition coefficient (Wildman–Crippen LogP) is 2.23. The molecule has 0 saturated carbocycles. The van der Waals surface area contributed by atoms with Gasteiger partial charge in [0.2, 0.25) is 0 Å². The SMILES string of the molecule is Cc1ccc(-c2nnnn2C(CC(C)C)C(=O)O)cc1[N+](=O)[O-]. The van der Waals surface area contributed by atoms with Gasteiger partial charge in [-0.1, -0.05) is 26.0 Å². The maximum Gasteiger partial charge on any atom is 0.328 e. The van der Waals surface area contributed by atoms with Crippen molar-refractivity contribution in [1.82, 2.24) is 20.2 Å². The summed E-state index contributed by atoms with van der Waals surface area (Å²) in [6.07, 6.45) is 0.349. The highest BCUT2D eigenvalue weighted by atomic mass is 16.6. The van der Waals surface area contributed by atoms with E-state index in [4.69, 9.17) is 0 Å². The van der Waals surface area contributed by atoms with Gasteiger partial charge in [0.15, 0.2) is 11.9 Å². The molecule has 0 amide bonds. The monoisotopic (exact) mass is 319 g/mol. The van der Waals surface area contributed by atoms with Crippen LogP contribution in [0.25, 0.3) is 11.4 Å². The predicted molar refractivity (Wildman–Crippen MR) is 80.8 cm³/mol.